The SMILES string of the molecule is Fc1ccc(NC(=S)NC2CC2)c(F)c1. The molecule has 0 bridgehead atoms. The van der Waals surface area contributed by atoms with Gasteiger partial charge in [-0.1, -0.05) is 0 Å². The largest absolute Gasteiger partial charge is 0.360 e. The average molecular weight is 228 g/mol. The van der Waals surface area contributed by atoms with Crippen LogP contribution in [0.25, 0.3) is 0 Å². The summed E-state index contributed by atoms with van der Waals surface area (Å²) in [4.78, 5) is 0. The monoisotopic (exact) mass is 228 g/mol. The third kappa shape index (κ3) is 2.86. The van der Waals surface area contributed by atoms with Crippen molar-refractivity contribution in [1.29, 1.82) is 0 Å². The van der Waals surface area contributed by atoms with Crippen LogP contribution < -0.4 is 10.6 Å². The minimum Gasteiger partial charge on any atom is -0.360 e. The summed E-state index contributed by atoms with van der Waals surface area (Å²) >= 11 is 4.96. The Labute approximate surface area is 91.7 Å². The minimum absolute atomic E-state index is 0.189. The number of nitrogens with one attached hydrogen (secondary N) is 2. The molecule has 1 aromatic carbocycles. The van der Waals surface area contributed by atoms with Crippen LogP contribution in [-0.2, 0) is 0 Å². The first-order valence-electron chi connectivity index (χ1n) is 4.68. The van der Waals surface area contributed by atoms with E-state index in [4.69, 9.17) is 12.2 Å². The van der Waals surface area contributed by atoms with Gasteiger partial charge in [0.15, 0.2) is 5.11 Å². The van der Waals surface area contributed by atoms with Gasteiger partial charge in [-0.15, -0.1) is 0 Å². The number of benzene rings is 1. The molecule has 2 N–H and O–H groups in total. The standard InChI is InChI=1S/C10H10F2N2S/c11-6-1-4-9(8(12)5-6)14-10(15)13-7-2-3-7/h1,4-5,7H,2-3H2,(H2,13,14,15). The highest BCUT2D eigenvalue weighted by Gasteiger charge is 2.21. The first kappa shape index (κ1) is 10.3. The molecule has 1 saturated carbocycles. The Bertz CT molecular complexity index is 391. The predicted molar refractivity (Wildman–Crippen MR) is 58.7 cm³/mol. The molecule has 0 amide bonds. The zero-order valence-electron chi connectivity index (χ0n) is 7.89. The topological polar surface area (TPSA) is 24.1 Å². The Hall–Kier alpha value is -1.23. The van der Waals surface area contributed by atoms with E-state index in [0.717, 1.165) is 18.9 Å². The normalized spacial score (nSPS) is 14.8. The molecular formula is C10H10F2N2S. The third-order valence-corrected chi connectivity index (χ3v) is 2.31. The molecule has 0 atom stereocenters. The van der Waals surface area contributed by atoms with Crippen LogP contribution in [0.2, 0.25) is 0 Å². The van der Waals surface area contributed by atoms with E-state index < -0.39 is 11.6 Å². The van der Waals surface area contributed by atoms with Crippen LogP contribution in [-0.4, -0.2) is 11.2 Å². The van der Waals surface area contributed by atoms with Crippen molar-refractivity contribution in [2.75, 3.05) is 5.32 Å². The number of thiocarbonyl (C=S) groups is 1. The first-order chi connectivity index (χ1) is 7.15. The predicted octanol–water partition coefficient (Wildman–Crippen LogP) is 2.41. The van der Waals surface area contributed by atoms with E-state index in [9.17, 15) is 8.78 Å². The van der Waals surface area contributed by atoms with Crippen LogP contribution in [0.4, 0.5) is 14.5 Å². The Kier molecular flexibility index (Phi) is 2.81. The van der Waals surface area contributed by atoms with Gasteiger partial charge < -0.3 is 10.6 Å². The van der Waals surface area contributed by atoms with Gasteiger partial charge in [-0.2, -0.15) is 0 Å². The summed E-state index contributed by atoms with van der Waals surface area (Å²) in [5.74, 6) is -1.24. The van der Waals surface area contributed by atoms with Gasteiger partial charge in [0, 0.05) is 12.1 Å². The van der Waals surface area contributed by atoms with Crippen LogP contribution in [0.3, 0.4) is 0 Å². The highest BCUT2D eigenvalue weighted by atomic mass is 32.1. The second kappa shape index (κ2) is 4.10. The molecule has 0 heterocycles. The Morgan fingerprint density at radius 1 is 1.33 bits per heavy atom. The molecular weight excluding hydrogens is 218 g/mol. The molecule has 0 unspecified atom stereocenters. The fraction of sp³-hybridized carbons (Fsp3) is 0.300. The Morgan fingerprint density at radius 3 is 2.67 bits per heavy atom. The molecule has 1 aromatic rings. The van der Waals surface area contributed by atoms with Gasteiger partial charge in [-0.05, 0) is 37.2 Å². The van der Waals surface area contributed by atoms with Crippen molar-refractivity contribution in [3.05, 3.63) is 29.8 Å². The molecule has 5 heteroatoms. The molecule has 1 aliphatic rings. The summed E-state index contributed by atoms with van der Waals surface area (Å²) in [6.45, 7) is 0. The maximum Gasteiger partial charge on any atom is 0.171 e. The van der Waals surface area contributed by atoms with Crippen molar-refractivity contribution >= 4 is 23.0 Å². The van der Waals surface area contributed by atoms with Crippen molar-refractivity contribution in [3.63, 3.8) is 0 Å². The van der Waals surface area contributed by atoms with Gasteiger partial charge in [0.25, 0.3) is 0 Å². The zero-order chi connectivity index (χ0) is 10.8. The highest BCUT2D eigenvalue weighted by molar-refractivity contribution is 7.80. The summed E-state index contributed by atoms with van der Waals surface area (Å²) in [5, 5.41) is 6.07. The molecule has 80 valence electrons. The maximum absolute atomic E-state index is 13.2. The first-order valence-corrected chi connectivity index (χ1v) is 5.08. The van der Waals surface area contributed by atoms with E-state index in [1.807, 2.05) is 0 Å². The smallest absolute Gasteiger partial charge is 0.171 e. The van der Waals surface area contributed by atoms with Gasteiger partial charge in [-0.25, -0.2) is 8.78 Å². The van der Waals surface area contributed by atoms with E-state index in [1.54, 1.807) is 0 Å². The molecule has 1 fully saturated rings. The molecule has 0 aliphatic heterocycles. The lowest BCUT2D eigenvalue weighted by molar-refractivity contribution is 0.586. The average Bonchev–Trinajstić information content (AvgIpc) is 2.94. The van der Waals surface area contributed by atoms with Gasteiger partial charge in [0.05, 0.1) is 5.69 Å². The van der Waals surface area contributed by atoms with Crippen molar-refractivity contribution in [1.82, 2.24) is 5.32 Å². The number of hydrogen-bond donors (Lipinski definition) is 2. The lowest BCUT2D eigenvalue weighted by Crippen LogP contribution is -2.30. The molecule has 2 nitrogen and oxygen atoms in total. The fourth-order valence-electron chi connectivity index (χ4n) is 1.16. The zero-order valence-corrected chi connectivity index (χ0v) is 8.70. The molecule has 2 rings (SSSR count). The molecule has 0 radical (unpaired) electrons. The van der Waals surface area contributed by atoms with Crippen LogP contribution in [0.5, 0.6) is 0 Å². The van der Waals surface area contributed by atoms with Gasteiger partial charge in [0.1, 0.15) is 11.6 Å². The summed E-state index contributed by atoms with van der Waals surface area (Å²) in [5.41, 5.74) is 0.189. The van der Waals surface area contributed by atoms with Crippen molar-refractivity contribution in [2.24, 2.45) is 0 Å². The number of anilines is 1. The highest BCUT2D eigenvalue weighted by Crippen LogP contribution is 2.19. The molecule has 15 heavy (non-hydrogen) atoms. The maximum atomic E-state index is 13.2. The minimum atomic E-state index is -0.644. The molecule has 0 spiro atoms. The van der Waals surface area contributed by atoms with Crippen molar-refractivity contribution < 1.29 is 8.78 Å². The van der Waals surface area contributed by atoms with Crippen LogP contribution >= 0.6 is 12.2 Å². The van der Waals surface area contributed by atoms with Gasteiger partial charge in [-0.3, -0.25) is 0 Å². The van der Waals surface area contributed by atoms with Crippen molar-refractivity contribution in [3.8, 4) is 0 Å². The Morgan fingerprint density at radius 2 is 2.07 bits per heavy atom. The summed E-state index contributed by atoms with van der Waals surface area (Å²) in [7, 11) is 0. The van der Waals surface area contributed by atoms with Gasteiger partial charge >= 0.3 is 0 Å². The quantitative estimate of drug-likeness (QED) is 0.760. The fourth-order valence-corrected chi connectivity index (χ4v) is 1.44. The summed E-state index contributed by atoms with van der Waals surface area (Å²) < 4.78 is 25.8. The van der Waals surface area contributed by atoms with Crippen LogP contribution in [0, 0.1) is 11.6 Å². The van der Waals surface area contributed by atoms with E-state index >= 15 is 0 Å². The summed E-state index contributed by atoms with van der Waals surface area (Å²) in [6.07, 6.45) is 2.18. The van der Waals surface area contributed by atoms with E-state index in [0.29, 0.717) is 11.2 Å². The second-order valence-electron chi connectivity index (χ2n) is 3.50. The molecule has 0 saturated heterocycles. The Balaban J connectivity index is 1.99. The number of rotatable bonds is 2. The number of halogens is 2. The third-order valence-electron chi connectivity index (χ3n) is 2.09. The lowest BCUT2D eigenvalue weighted by Gasteiger charge is -2.10. The van der Waals surface area contributed by atoms with Crippen molar-refractivity contribution in [2.45, 2.75) is 18.9 Å². The summed E-state index contributed by atoms with van der Waals surface area (Å²) in [6, 6.07) is 3.74. The van der Waals surface area contributed by atoms with Crippen LogP contribution in [0.15, 0.2) is 18.2 Å². The lowest BCUT2D eigenvalue weighted by atomic mass is 10.3. The van der Waals surface area contributed by atoms with E-state index in [-0.39, 0.29) is 5.69 Å². The molecule has 0 aromatic heterocycles. The van der Waals surface area contributed by atoms with Gasteiger partial charge in [0.2, 0.25) is 0 Å². The molecule has 1 aliphatic carbocycles. The second-order valence-corrected chi connectivity index (χ2v) is 3.91. The van der Waals surface area contributed by atoms with E-state index in [1.165, 1.54) is 12.1 Å². The number of hydrogen-bond acceptors (Lipinski definition) is 1. The van der Waals surface area contributed by atoms with Crippen LogP contribution in [0.1, 0.15) is 12.8 Å². The van der Waals surface area contributed by atoms with E-state index in [2.05, 4.69) is 10.6 Å².